The summed E-state index contributed by atoms with van der Waals surface area (Å²) < 4.78 is 11.4. The highest BCUT2D eigenvalue weighted by Gasteiger charge is 2.12. The normalized spacial score (nSPS) is 10.2. The number of amides is 2. The van der Waals surface area contributed by atoms with Crippen LogP contribution in [-0.4, -0.2) is 25.1 Å². The highest BCUT2D eigenvalue weighted by atomic mass is 79.9. The molecular formula is C15H17BrN2O3. The maximum atomic E-state index is 12.0. The van der Waals surface area contributed by atoms with Gasteiger partial charge in [-0.1, -0.05) is 15.9 Å². The van der Waals surface area contributed by atoms with Crippen LogP contribution in [0.15, 0.2) is 45.5 Å². The Labute approximate surface area is 132 Å². The molecule has 0 aliphatic carbocycles. The number of carbonyl (C=O) groups is 1. The lowest BCUT2D eigenvalue weighted by Gasteiger charge is -2.19. The molecule has 5 nitrogen and oxygen atoms in total. The third-order valence-electron chi connectivity index (χ3n) is 2.99. The zero-order chi connectivity index (χ0) is 15.2. The Hall–Kier alpha value is -1.95. The molecular weight excluding hydrogens is 336 g/mol. The Kier molecular flexibility index (Phi) is 5.27. The average molecular weight is 353 g/mol. The summed E-state index contributed by atoms with van der Waals surface area (Å²) >= 11 is 3.42. The van der Waals surface area contributed by atoms with Gasteiger partial charge in [-0.2, -0.15) is 0 Å². The smallest absolute Gasteiger partial charge is 0.317 e. The number of rotatable bonds is 5. The molecule has 0 fully saturated rings. The van der Waals surface area contributed by atoms with Crippen LogP contribution in [0.3, 0.4) is 0 Å². The minimum absolute atomic E-state index is 0.173. The molecule has 1 aromatic carbocycles. The van der Waals surface area contributed by atoms with Crippen molar-refractivity contribution in [2.75, 3.05) is 14.2 Å². The summed E-state index contributed by atoms with van der Waals surface area (Å²) in [6, 6.07) is 9.14. The lowest BCUT2D eigenvalue weighted by molar-refractivity contribution is 0.205. The van der Waals surface area contributed by atoms with E-state index in [9.17, 15) is 4.79 Å². The summed E-state index contributed by atoms with van der Waals surface area (Å²) in [7, 11) is 3.35. The Morgan fingerprint density at radius 2 is 2.24 bits per heavy atom. The van der Waals surface area contributed by atoms with Crippen molar-refractivity contribution >= 4 is 22.0 Å². The molecule has 21 heavy (non-hydrogen) atoms. The van der Waals surface area contributed by atoms with E-state index in [2.05, 4.69) is 21.2 Å². The molecule has 6 heteroatoms. The molecule has 0 saturated carbocycles. The first-order valence-corrected chi connectivity index (χ1v) is 7.23. The summed E-state index contributed by atoms with van der Waals surface area (Å²) in [5.41, 5.74) is 0.933. The van der Waals surface area contributed by atoms with Crippen LogP contribution in [0, 0.1) is 0 Å². The van der Waals surface area contributed by atoms with Gasteiger partial charge in [0.25, 0.3) is 0 Å². The quantitative estimate of drug-likeness (QED) is 0.897. The van der Waals surface area contributed by atoms with E-state index in [1.54, 1.807) is 31.4 Å². The molecule has 1 heterocycles. The first-order valence-electron chi connectivity index (χ1n) is 6.44. The van der Waals surface area contributed by atoms with Gasteiger partial charge in [0, 0.05) is 17.1 Å². The Bertz CT molecular complexity index is 599. The fraction of sp³-hybridized carbons (Fsp3) is 0.267. The number of hydrogen-bond donors (Lipinski definition) is 1. The van der Waals surface area contributed by atoms with Crippen molar-refractivity contribution in [1.29, 1.82) is 0 Å². The van der Waals surface area contributed by atoms with E-state index in [-0.39, 0.29) is 6.03 Å². The molecule has 2 rings (SSSR count). The number of urea groups is 1. The third kappa shape index (κ3) is 4.26. The van der Waals surface area contributed by atoms with Crippen molar-refractivity contribution in [1.82, 2.24) is 10.2 Å². The highest BCUT2D eigenvalue weighted by Crippen LogP contribution is 2.24. The average Bonchev–Trinajstić information content (AvgIpc) is 2.98. The predicted octanol–water partition coefficient (Wildman–Crippen LogP) is 3.39. The van der Waals surface area contributed by atoms with Crippen molar-refractivity contribution < 1.29 is 13.9 Å². The molecule has 0 aliphatic rings. The number of furan rings is 1. The zero-order valence-corrected chi connectivity index (χ0v) is 13.5. The van der Waals surface area contributed by atoms with Crippen molar-refractivity contribution in [2.24, 2.45) is 0 Å². The number of carbonyl (C=O) groups excluding carboxylic acids is 1. The first-order chi connectivity index (χ1) is 10.1. The summed E-state index contributed by atoms with van der Waals surface area (Å²) in [5.74, 6) is 1.47. The van der Waals surface area contributed by atoms with Crippen LogP contribution in [0.2, 0.25) is 0 Å². The van der Waals surface area contributed by atoms with E-state index in [1.165, 1.54) is 0 Å². The summed E-state index contributed by atoms with van der Waals surface area (Å²) in [5, 5.41) is 2.80. The molecule has 2 aromatic rings. The minimum Gasteiger partial charge on any atom is -0.496 e. The molecule has 0 aliphatic heterocycles. The van der Waals surface area contributed by atoms with Gasteiger partial charge in [-0.25, -0.2) is 4.79 Å². The van der Waals surface area contributed by atoms with E-state index in [4.69, 9.17) is 9.15 Å². The zero-order valence-electron chi connectivity index (χ0n) is 11.9. The molecule has 0 saturated heterocycles. The Balaban J connectivity index is 1.95. The van der Waals surface area contributed by atoms with Gasteiger partial charge in [0.1, 0.15) is 11.5 Å². The van der Waals surface area contributed by atoms with Gasteiger partial charge in [0.15, 0.2) is 0 Å². The van der Waals surface area contributed by atoms with Crippen molar-refractivity contribution in [3.05, 3.63) is 52.4 Å². The maximum absolute atomic E-state index is 12.0. The standard InChI is InChI=1S/C15H17BrN2O3/c1-18(15(19)17-9-13-4-3-7-21-13)10-11-8-12(16)5-6-14(11)20-2/h3-8H,9-10H2,1-2H3,(H,17,19). The molecule has 0 spiro atoms. The van der Waals surface area contributed by atoms with Crippen LogP contribution in [0.5, 0.6) is 5.75 Å². The van der Waals surface area contributed by atoms with Gasteiger partial charge in [0.2, 0.25) is 0 Å². The van der Waals surface area contributed by atoms with Gasteiger partial charge < -0.3 is 19.4 Å². The van der Waals surface area contributed by atoms with E-state index >= 15 is 0 Å². The number of benzene rings is 1. The van der Waals surface area contributed by atoms with Crippen LogP contribution in [-0.2, 0) is 13.1 Å². The van der Waals surface area contributed by atoms with Gasteiger partial charge in [-0.3, -0.25) is 0 Å². The molecule has 0 unspecified atom stereocenters. The van der Waals surface area contributed by atoms with Gasteiger partial charge >= 0.3 is 6.03 Å². The number of hydrogen-bond acceptors (Lipinski definition) is 3. The highest BCUT2D eigenvalue weighted by molar-refractivity contribution is 9.10. The molecule has 112 valence electrons. The second kappa shape index (κ2) is 7.17. The lowest BCUT2D eigenvalue weighted by atomic mass is 10.2. The van der Waals surface area contributed by atoms with Gasteiger partial charge in [0.05, 0.1) is 26.5 Å². The second-order valence-electron chi connectivity index (χ2n) is 4.55. The predicted molar refractivity (Wildman–Crippen MR) is 83.1 cm³/mol. The lowest BCUT2D eigenvalue weighted by Crippen LogP contribution is -2.36. The molecule has 2 amide bonds. The fourth-order valence-electron chi connectivity index (χ4n) is 1.91. The van der Waals surface area contributed by atoms with Crippen molar-refractivity contribution in [3.63, 3.8) is 0 Å². The van der Waals surface area contributed by atoms with Crippen LogP contribution in [0.4, 0.5) is 4.79 Å². The van der Waals surface area contributed by atoms with Crippen LogP contribution < -0.4 is 10.1 Å². The summed E-state index contributed by atoms with van der Waals surface area (Å²) in [6.45, 7) is 0.818. The molecule has 1 N–H and O–H groups in total. The number of nitrogens with one attached hydrogen (secondary N) is 1. The Morgan fingerprint density at radius 1 is 1.43 bits per heavy atom. The van der Waals surface area contributed by atoms with E-state index < -0.39 is 0 Å². The Morgan fingerprint density at radius 3 is 2.90 bits per heavy atom. The molecule has 0 radical (unpaired) electrons. The molecule has 0 bridgehead atoms. The minimum atomic E-state index is -0.173. The van der Waals surface area contributed by atoms with Crippen molar-refractivity contribution in [3.8, 4) is 5.75 Å². The second-order valence-corrected chi connectivity index (χ2v) is 5.47. The molecule has 0 atom stereocenters. The number of methoxy groups -OCH3 is 1. The van der Waals surface area contributed by atoms with Crippen LogP contribution in [0.25, 0.3) is 0 Å². The monoisotopic (exact) mass is 352 g/mol. The number of ether oxygens (including phenoxy) is 1. The SMILES string of the molecule is COc1ccc(Br)cc1CN(C)C(=O)NCc1ccco1. The summed E-state index contributed by atoms with van der Waals surface area (Å²) in [6.07, 6.45) is 1.58. The largest absolute Gasteiger partial charge is 0.496 e. The number of nitrogens with zero attached hydrogens (tertiary/aromatic N) is 1. The maximum Gasteiger partial charge on any atom is 0.317 e. The van der Waals surface area contributed by atoms with E-state index in [0.717, 1.165) is 21.5 Å². The van der Waals surface area contributed by atoms with E-state index in [1.807, 2.05) is 24.3 Å². The number of halogens is 1. The van der Waals surface area contributed by atoms with Gasteiger partial charge in [-0.15, -0.1) is 0 Å². The van der Waals surface area contributed by atoms with Crippen LogP contribution in [0.1, 0.15) is 11.3 Å². The van der Waals surface area contributed by atoms with Crippen molar-refractivity contribution in [2.45, 2.75) is 13.1 Å². The first kappa shape index (κ1) is 15.4. The van der Waals surface area contributed by atoms with E-state index in [0.29, 0.717) is 13.1 Å². The molecule has 1 aromatic heterocycles. The van der Waals surface area contributed by atoms with Gasteiger partial charge in [-0.05, 0) is 30.3 Å². The van der Waals surface area contributed by atoms with Crippen LogP contribution >= 0.6 is 15.9 Å². The topological polar surface area (TPSA) is 54.7 Å². The fourth-order valence-corrected chi connectivity index (χ4v) is 2.32. The summed E-state index contributed by atoms with van der Waals surface area (Å²) in [4.78, 5) is 13.6. The third-order valence-corrected chi connectivity index (χ3v) is 3.48.